The molecule has 3 aromatic rings. The molecule has 23 heavy (non-hydrogen) atoms. The number of carbonyl (C=O) groups is 1. The lowest BCUT2D eigenvalue weighted by Crippen LogP contribution is -2.15. The van der Waals surface area contributed by atoms with E-state index in [1.54, 1.807) is 10.7 Å². The van der Waals surface area contributed by atoms with Gasteiger partial charge in [0, 0.05) is 13.0 Å². The SMILES string of the molecule is Cc1nn(C)c2n[nH]c(NC(=O)[C@H]3C[C@@H]3c3cccc(F)c3)c12. The predicted molar refractivity (Wildman–Crippen MR) is 83.5 cm³/mol. The van der Waals surface area contributed by atoms with E-state index >= 15 is 0 Å². The van der Waals surface area contributed by atoms with Crippen LogP contribution in [0.2, 0.25) is 0 Å². The molecule has 1 aromatic carbocycles. The maximum absolute atomic E-state index is 13.3. The average molecular weight is 313 g/mol. The molecule has 1 aliphatic carbocycles. The normalized spacial score (nSPS) is 20.0. The van der Waals surface area contributed by atoms with E-state index in [1.165, 1.54) is 12.1 Å². The number of benzene rings is 1. The summed E-state index contributed by atoms with van der Waals surface area (Å²) in [7, 11) is 1.81. The highest BCUT2D eigenvalue weighted by Crippen LogP contribution is 2.48. The van der Waals surface area contributed by atoms with Crippen molar-refractivity contribution in [2.45, 2.75) is 19.3 Å². The van der Waals surface area contributed by atoms with Gasteiger partial charge in [0.05, 0.1) is 11.1 Å². The number of rotatable bonds is 3. The Bertz CT molecular complexity index is 912. The lowest BCUT2D eigenvalue weighted by molar-refractivity contribution is -0.117. The molecule has 1 amide bonds. The number of hydrogen-bond acceptors (Lipinski definition) is 3. The number of aromatic nitrogens is 4. The molecule has 2 aromatic heterocycles. The van der Waals surface area contributed by atoms with Crippen LogP contribution in [-0.4, -0.2) is 25.9 Å². The second-order valence-electron chi connectivity index (χ2n) is 6.00. The summed E-state index contributed by atoms with van der Waals surface area (Å²) in [5.41, 5.74) is 2.39. The molecular formula is C16H16FN5O. The Morgan fingerprint density at radius 1 is 1.48 bits per heavy atom. The van der Waals surface area contributed by atoms with Crippen molar-refractivity contribution >= 4 is 22.8 Å². The van der Waals surface area contributed by atoms with Gasteiger partial charge in [-0.3, -0.25) is 9.89 Å². The number of carbonyl (C=O) groups excluding carboxylic acids is 1. The quantitative estimate of drug-likeness (QED) is 0.780. The van der Waals surface area contributed by atoms with Gasteiger partial charge in [0.1, 0.15) is 11.6 Å². The third kappa shape index (κ3) is 2.28. The fraction of sp³-hybridized carbons (Fsp3) is 0.312. The summed E-state index contributed by atoms with van der Waals surface area (Å²) < 4.78 is 15.0. The molecule has 0 spiro atoms. The molecule has 1 aliphatic rings. The molecule has 2 heterocycles. The maximum Gasteiger partial charge on any atom is 0.229 e. The molecule has 1 saturated carbocycles. The minimum atomic E-state index is -0.269. The number of anilines is 1. The first-order valence-corrected chi connectivity index (χ1v) is 7.48. The first-order chi connectivity index (χ1) is 11.0. The smallest absolute Gasteiger partial charge is 0.229 e. The monoisotopic (exact) mass is 313 g/mol. The topological polar surface area (TPSA) is 75.6 Å². The summed E-state index contributed by atoms with van der Waals surface area (Å²) in [4.78, 5) is 12.4. The van der Waals surface area contributed by atoms with Crippen LogP contribution in [0.25, 0.3) is 11.0 Å². The van der Waals surface area contributed by atoms with Crippen LogP contribution in [0.15, 0.2) is 24.3 Å². The predicted octanol–water partition coefficient (Wildman–Crippen LogP) is 2.49. The summed E-state index contributed by atoms with van der Waals surface area (Å²) in [6.45, 7) is 1.88. The van der Waals surface area contributed by atoms with E-state index in [4.69, 9.17) is 0 Å². The Balaban J connectivity index is 1.52. The van der Waals surface area contributed by atoms with Gasteiger partial charge < -0.3 is 5.32 Å². The number of H-pyrrole nitrogens is 1. The molecule has 0 aliphatic heterocycles. The Kier molecular flexibility index (Phi) is 2.97. The fourth-order valence-corrected chi connectivity index (χ4v) is 3.13. The highest BCUT2D eigenvalue weighted by Gasteiger charge is 2.44. The number of nitrogens with one attached hydrogen (secondary N) is 2. The lowest BCUT2D eigenvalue weighted by Gasteiger charge is -2.03. The zero-order chi connectivity index (χ0) is 16.1. The van der Waals surface area contributed by atoms with E-state index in [0.29, 0.717) is 11.5 Å². The maximum atomic E-state index is 13.3. The highest BCUT2D eigenvalue weighted by molar-refractivity contribution is 6.02. The number of aryl methyl sites for hydroxylation is 2. The van der Waals surface area contributed by atoms with Crippen molar-refractivity contribution in [2.75, 3.05) is 5.32 Å². The van der Waals surface area contributed by atoms with Gasteiger partial charge in [0.2, 0.25) is 5.91 Å². The Hall–Kier alpha value is -2.70. The molecule has 2 N–H and O–H groups in total. The van der Waals surface area contributed by atoms with Gasteiger partial charge in [0.25, 0.3) is 0 Å². The van der Waals surface area contributed by atoms with Gasteiger partial charge in [0.15, 0.2) is 5.65 Å². The standard InChI is InChI=1S/C16H16FN5O/c1-8-13-14(19-20-15(13)22(2)21-8)18-16(23)12-7-11(12)9-4-3-5-10(17)6-9/h3-6,11-12H,7H2,1-2H3,(H2,18,19,20,23)/t11-,12+/m1/s1. The third-order valence-corrected chi connectivity index (χ3v) is 4.37. The van der Waals surface area contributed by atoms with Crippen LogP contribution in [0, 0.1) is 18.7 Å². The molecule has 118 valence electrons. The van der Waals surface area contributed by atoms with Crippen molar-refractivity contribution < 1.29 is 9.18 Å². The molecule has 1 fully saturated rings. The van der Waals surface area contributed by atoms with Crippen molar-refractivity contribution in [1.82, 2.24) is 20.0 Å². The van der Waals surface area contributed by atoms with Gasteiger partial charge in [-0.25, -0.2) is 9.07 Å². The molecular weight excluding hydrogens is 297 g/mol. The van der Waals surface area contributed by atoms with Gasteiger partial charge in [-0.05, 0) is 37.0 Å². The van der Waals surface area contributed by atoms with Crippen molar-refractivity contribution in [2.24, 2.45) is 13.0 Å². The van der Waals surface area contributed by atoms with E-state index < -0.39 is 0 Å². The first kappa shape index (κ1) is 13.9. The summed E-state index contributed by atoms with van der Waals surface area (Å²) in [5.74, 6) is 0.176. The first-order valence-electron chi connectivity index (χ1n) is 7.48. The van der Waals surface area contributed by atoms with Gasteiger partial charge in [-0.2, -0.15) is 10.2 Å². The fourth-order valence-electron chi connectivity index (χ4n) is 3.13. The molecule has 7 heteroatoms. The Labute approximate surface area is 131 Å². The van der Waals surface area contributed by atoms with Crippen LogP contribution in [0.1, 0.15) is 23.6 Å². The molecule has 4 rings (SSSR count). The van der Waals surface area contributed by atoms with Crippen LogP contribution in [0.5, 0.6) is 0 Å². The number of halogens is 1. The number of aromatic amines is 1. The van der Waals surface area contributed by atoms with E-state index in [9.17, 15) is 9.18 Å². The van der Waals surface area contributed by atoms with E-state index in [1.807, 2.05) is 20.0 Å². The van der Waals surface area contributed by atoms with Crippen molar-refractivity contribution in [3.05, 3.63) is 41.3 Å². The number of nitrogens with zero attached hydrogens (tertiary/aromatic N) is 3. The van der Waals surface area contributed by atoms with E-state index in [2.05, 4.69) is 20.6 Å². The Morgan fingerprint density at radius 2 is 2.30 bits per heavy atom. The largest absolute Gasteiger partial charge is 0.310 e. The van der Waals surface area contributed by atoms with Crippen molar-refractivity contribution in [1.29, 1.82) is 0 Å². The molecule has 0 radical (unpaired) electrons. The van der Waals surface area contributed by atoms with Crippen LogP contribution < -0.4 is 5.32 Å². The van der Waals surface area contributed by atoms with E-state index in [-0.39, 0.29) is 23.6 Å². The second kappa shape index (κ2) is 4.91. The molecule has 0 saturated heterocycles. The molecule has 6 nitrogen and oxygen atoms in total. The van der Waals surface area contributed by atoms with Gasteiger partial charge >= 0.3 is 0 Å². The highest BCUT2D eigenvalue weighted by atomic mass is 19.1. The lowest BCUT2D eigenvalue weighted by atomic mass is 10.1. The number of fused-ring (bicyclic) bond motifs is 1. The third-order valence-electron chi connectivity index (χ3n) is 4.37. The second-order valence-corrected chi connectivity index (χ2v) is 6.00. The van der Waals surface area contributed by atoms with Crippen molar-refractivity contribution in [3.63, 3.8) is 0 Å². The van der Waals surface area contributed by atoms with Crippen LogP contribution in [0.4, 0.5) is 10.2 Å². The van der Waals surface area contributed by atoms with Crippen LogP contribution >= 0.6 is 0 Å². The number of amides is 1. The number of hydrogen-bond donors (Lipinski definition) is 2. The zero-order valence-corrected chi connectivity index (χ0v) is 12.8. The minimum Gasteiger partial charge on any atom is -0.310 e. The zero-order valence-electron chi connectivity index (χ0n) is 12.8. The molecule has 2 atom stereocenters. The van der Waals surface area contributed by atoms with E-state index in [0.717, 1.165) is 23.1 Å². The summed E-state index contributed by atoms with van der Waals surface area (Å²) in [6.07, 6.45) is 0.735. The van der Waals surface area contributed by atoms with Gasteiger partial charge in [-0.15, -0.1) is 0 Å². The van der Waals surface area contributed by atoms with Gasteiger partial charge in [-0.1, -0.05) is 12.1 Å². The summed E-state index contributed by atoms with van der Waals surface area (Å²) >= 11 is 0. The summed E-state index contributed by atoms with van der Waals surface area (Å²) in [6, 6.07) is 6.45. The molecule has 0 unspecified atom stereocenters. The average Bonchev–Trinajstić information content (AvgIpc) is 3.13. The van der Waals surface area contributed by atoms with Crippen LogP contribution in [-0.2, 0) is 11.8 Å². The van der Waals surface area contributed by atoms with Crippen LogP contribution in [0.3, 0.4) is 0 Å². The Morgan fingerprint density at radius 3 is 3.09 bits per heavy atom. The van der Waals surface area contributed by atoms with Crippen molar-refractivity contribution in [3.8, 4) is 0 Å². The minimum absolute atomic E-state index is 0.0759. The summed E-state index contributed by atoms with van der Waals surface area (Å²) in [5, 5.41) is 15.0. The molecule has 0 bridgehead atoms.